The summed E-state index contributed by atoms with van der Waals surface area (Å²) >= 11 is 6.21. The number of hydrogen-bond donors (Lipinski definition) is 2. The Morgan fingerprint density at radius 1 is 1.12 bits per heavy atom. The van der Waals surface area contributed by atoms with Crippen LogP contribution >= 0.6 is 11.6 Å². The molecule has 0 heterocycles. The normalized spacial score (nSPS) is 12.7. The number of rotatable bonds is 5. The van der Waals surface area contributed by atoms with Crippen LogP contribution in [0.5, 0.6) is 0 Å². The van der Waals surface area contributed by atoms with Gasteiger partial charge in [0.1, 0.15) is 0 Å². The fraction of sp³-hybridized carbons (Fsp3) is 0.350. The molecule has 128 valence electrons. The van der Waals surface area contributed by atoms with Crippen LogP contribution in [0.15, 0.2) is 48.5 Å². The molecule has 2 aromatic carbocycles. The van der Waals surface area contributed by atoms with Gasteiger partial charge in [-0.2, -0.15) is 0 Å². The second-order valence-corrected chi connectivity index (χ2v) is 7.44. The van der Waals surface area contributed by atoms with E-state index in [1.54, 1.807) is 0 Å². The van der Waals surface area contributed by atoms with Crippen LogP contribution in [-0.4, -0.2) is 5.91 Å². The van der Waals surface area contributed by atoms with E-state index in [1.165, 1.54) is 5.56 Å². The van der Waals surface area contributed by atoms with E-state index in [0.29, 0.717) is 17.3 Å². The molecule has 24 heavy (non-hydrogen) atoms. The number of benzene rings is 2. The van der Waals surface area contributed by atoms with Crippen molar-refractivity contribution in [2.45, 2.75) is 40.3 Å². The van der Waals surface area contributed by atoms with Crippen molar-refractivity contribution in [2.24, 2.45) is 5.41 Å². The van der Waals surface area contributed by atoms with Crippen molar-refractivity contribution in [1.29, 1.82) is 0 Å². The van der Waals surface area contributed by atoms with Crippen LogP contribution in [0.3, 0.4) is 0 Å². The Balaban J connectivity index is 2.04. The van der Waals surface area contributed by atoms with Crippen LogP contribution in [-0.2, 0) is 11.3 Å². The van der Waals surface area contributed by atoms with Crippen LogP contribution in [0.25, 0.3) is 0 Å². The molecule has 0 saturated carbocycles. The first-order chi connectivity index (χ1) is 11.3. The van der Waals surface area contributed by atoms with Gasteiger partial charge in [-0.1, -0.05) is 68.8 Å². The molecule has 1 amide bonds. The summed E-state index contributed by atoms with van der Waals surface area (Å²) in [4.78, 5) is 12.2. The zero-order valence-corrected chi connectivity index (χ0v) is 15.4. The average molecular weight is 345 g/mol. The van der Waals surface area contributed by atoms with Crippen LogP contribution in [0.2, 0.25) is 5.02 Å². The number of carbonyl (C=O) groups excluding carboxylic acids is 1. The van der Waals surface area contributed by atoms with Crippen LogP contribution in [0.4, 0.5) is 5.69 Å². The minimum absolute atomic E-state index is 0.0489. The van der Waals surface area contributed by atoms with E-state index in [9.17, 15) is 4.79 Å². The second kappa shape index (κ2) is 7.82. The zero-order valence-electron chi connectivity index (χ0n) is 14.7. The molecule has 2 N–H and O–H groups in total. The molecule has 0 aliphatic carbocycles. The molecule has 0 unspecified atom stereocenters. The summed E-state index contributed by atoms with van der Waals surface area (Å²) in [5.74, 6) is -0.0489. The Morgan fingerprint density at radius 3 is 2.42 bits per heavy atom. The van der Waals surface area contributed by atoms with Gasteiger partial charge in [-0.25, -0.2) is 0 Å². The highest BCUT2D eigenvalue weighted by atomic mass is 35.5. The number of nitrogens with one attached hydrogen (secondary N) is 2. The maximum Gasteiger partial charge on any atom is 0.229 e. The fourth-order valence-electron chi connectivity index (χ4n) is 2.22. The highest BCUT2D eigenvalue weighted by Gasteiger charge is 2.22. The van der Waals surface area contributed by atoms with Crippen molar-refractivity contribution in [1.82, 2.24) is 5.32 Å². The van der Waals surface area contributed by atoms with Crippen molar-refractivity contribution >= 4 is 23.2 Å². The lowest BCUT2D eigenvalue weighted by Crippen LogP contribution is -2.27. The highest BCUT2D eigenvalue weighted by molar-refractivity contribution is 6.33. The lowest BCUT2D eigenvalue weighted by atomic mass is 9.95. The van der Waals surface area contributed by atoms with E-state index in [1.807, 2.05) is 57.2 Å². The van der Waals surface area contributed by atoms with Gasteiger partial charge in [0, 0.05) is 18.0 Å². The van der Waals surface area contributed by atoms with Crippen molar-refractivity contribution in [2.75, 3.05) is 5.32 Å². The molecule has 0 spiro atoms. The van der Waals surface area contributed by atoms with Gasteiger partial charge in [0.25, 0.3) is 0 Å². The van der Waals surface area contributed by atoms with E-state index in [0.717, 1.165) is 5.56 Å². The lowest BCUT2D eigenvalue weighted by molar-refractivity contribution is -0.123. The van der Waals surface area contributed by atoms with E-state index in [2.05, 4.69) is 29.7 Å². The van der Waals surface area contributed by atoms with Crippen molar-refractivity contribution in [3.8, 4) is 0 Å². The Hall–Kier alpha value is -1.84. The fourth-order valence-corrected chi connectivity index (χ4v) is 2.38. The Morgan fingerprint density at radius 2 is 1.79 bits per heavy atom. The Labute approximate surface area is 149 Å². The third kappa shape index (κ3) is 5.08. The Bertz CT molecular complexity index is 693. The third-order valence-electron chi connectivity index (χ3n) is 3.87. The van der Waals surface area contributed by atoms with Gasteiger partial charge in [0.15, 0.2) is 0 Å². The summed E-state index contributed by atoms with van der Waals surface area (Å²) in [6.07, 6.45) is 0. The molecule has 0 radical (unpaired) electrons. The molecule has 1 atom stereocenters. The summed E-state index contributed by atoms with van der Waals surface area (Å²) in [7, 11) is 0. The first-order valence-electron chi connectivity index (χ1n) is 8.15. The van der Waals surface area contributed by atoms with Gasteiger partial charge in [-0.3, -0.25) is 4.79 Å². The molecule has 3 nitrogen and oxygen atoms in total. The molecule has 2 aromatic rings. The van der Waals surface area contributed by atoms with E-state index >= 15 is 0 Å². The van der Waals surface area contributed by atoms with E-state index in [-0.39, 0.29) is 11.9 Å². The summed E-state index contributed by atoms with van der Waals surface area (Å²) < 4.78 is 0. The molecule has 4 heteroatoms. The monoisotopic (exact) mass is 344 g/mol. The maximum absolute atomic E-state index is 12.2. The van der Waals surface area contributed by atoms with Gasteiger partial charge >= 0.3 is 0 Å². The first-order valence-corrected chi connectivity index (χ1v) is 8.53. The average Bonchev–Trinajstić information content (AvgIpc) is 2.55. The van der Waals surface area contributed by atoms with Gasteiger partial charge in [0.05, 0.1) is 10.7 Å². The van der Waals surface area contributed by atoms with Crippen LogP contribution in [0.1, 0.15) is 44.9 Å². The zero-order chi connectivity index (χ0) is 17.7. The van der Waals surface area contributed by atoms with Gasteiger partial charge < -0.3 is 10.6 Å². The molecular weight excluding hydrogens is 320 g/mol. The number of hydrogen-bond acceptors (Lipinski definition) is 2. The predicted octanol–water partition coefficient (Wildman–Crippen LogP) is 5.18. The molecule has 0 fully saturated rings. The molecule has 0 aliphatic rings. The maximum atomic E-state index is 12.2. The number of halogens is 1. The molecule has 0 saturated heterocycles. The van der Waals surface area contributed by atoms with Gasteiger partial charge in [-0.05, 0) is 30.2 Å². The largest absolute Gasteiger partial charge is 0.324 e. The minimum atomic E-state index is -0.459. The van der Waals surface area contributed by atoms with Crippen LogP contribution < -0.4 is 10.6 Å². The standard InChI is InChI=1S/C20H25ClN2O/c1-14(16-8-6-5-7-9-16)22-13-15-10-11-17(21)18(12-15)23-19(24)20(2,3)4/h5-12,14,22H,13H2,1-4H3,(H,23,24)/t14-/m1/s1. The van der Waals surface area contributed by atoms with Crippen molar-refractivity contribution in [3.05, 3.63) is 64.7 Å². The molecule has 0 aromatic heterocycles. The summed E-state index contributed by atoms with van der Waals surface area (Å²) in [5, 5.41) is 6.95. The number of carbonyl (C=O) groups is 1. The van der Waals surface area contributed by atoms with Crippen LogP contribution in [0, 0.1) is 5.41 Å². The van der Waals surface area contributed by atoms with E-state index < -0.39 is 5.41 Å². The topological polar surface area (TPSA) is 41.1 Å². The second-order valence-electron chi connectivity index (χ2n) is 7.03. The minimum Gasteiger partial charge on any atom is -0.324 e. The molecule has 2 rings (SSSR count). The van der Waals surface area contributed by atoms with Gasteiger partial charge in [-0.15, -0.1) is 0 Å². The summed E-state index contributed by atoms with van der Waals surface area (Å²) in [6, 6.07) is 16.3. The molecule has 0 bridgehead atoms. The first kappa shape index (κ1) is 18.5. The molecular formula is C20H25ClN2O. The van der Waals surface area contributed by atoms with E-state index in [4.69, 9.17) is 11.6 Å². The molecule has 0 aliphatic heterocycles. The summed E-state index contributed by atoms with van der Waals surface area (Å²) in [5.41, 5.74) is 2.52. The summed E-state index contributed by atoms with van der Waals surface area (Å²) in [6.45, 7) is 8.47. The lowest BCUT2D eigenvalue weighted by Gasteiger charge is -2.19. The number of anilines is 1. The highest BCUT2D eigenvalue weighted by Crippen LogP contribution is 2.26. The third-order valence-corrected chi connectivity index (χ3v) is 4.20. The van der Waals surface area contributed by atoms with Gasteiger partial charge in [0.2, 0.25) is 5.91 Å². The van der Waals surface area contributed by atoms with Crippen molar-refractivity contribution < 1.29 is 4.79 Å². The Kier molecular flexibility index (Phi) is 6.03. The predicted molar refractivity (Wildman–Crippen MR) is 101 cm³/mol. The quantitative estimate of drug-likeness (QED) is 0.785. The smallest absolute Gasteiger partial charge is 0.229 e. The number of amides is 1. The SMILES string of the molecule is C[C@@H](NCc1ccc(Cl)c(NC(=O)C(C)(C)C)c1)c1ccccc1. The van der Waals surface area contributed by atoms with Crippen molar-refractivity contribution in [3.63, 3.8) is 0 Å².